The van der Waals surface area contributed by atoms with Gasteiger partial charge in [-0.2, -0.15) is 4.68 Å². The molecule has 0 aromatic carbocycles. The second-order valence-electron chi connectivity index (χ2n) is 7.20. The van der Waals surface area contributed by atoms with Gasteiger partial charge >= 0.3 is 0 Å². The Bertz CT molecular complexity index is 910. The number of nitrogens with zero attached hydrogens (tertiary/aromatic N) is 4. The van der Waals surface area contributed by atoms with Crippen molar-refractivity contribution in [1.29, 1.82) is 0 Å². The minimum Gasteiger partial charge on any atom is -0.466 e. The van der Waals surface area contributed by atoms with E-state index >= 15 is 0 Å². The Hall–Kier alpha value is -2.48. The first-order valence-corrected chi connectivity index (χ1v) is 9.02. The van der Waals surface area contributed by atoms with Crippen LogP contribution in [0.5, 0.6) is 0 Å². The molecule has 0 spiro atoms. The molecule has 3 heterocycles. The lowest BCUT2D eigenvalue weighted by molar-refractivity contribution is 0.0921. The number of tetrazole rings is 1. The van der Waals surface area contributed by atoms with E-state index in [1.165, 1.54) is 22.3 Å². The zero-order valence-corrected chi connectivity index (χ0v) is 15.1. The Kier molecular flexibility index (Phi) is 3.72. The van der Waals surface area contributed by atoms with Gasteiger partial charge in [0.15, 0.2) is 0 Å². The molecule has 0 saturated heterocycles. The number of aryl methyl sites for hydroxylation is 1. The lowest BCUT2D eigenvalue weighted by Crippen LogP contribution is -2.36. The molecule has 0 aliphatic heterocycles. The van der Waals surface area contributed by atoms with E-state index < -0.39 is 0 Å². The Labute approximate surface area is 149 Å². The van der Waals surface area contributed by atoms with Crippen LogP contribution in [-0.4, -0.2) is 26.1 Å². The SMILES string of the molecule is Cc1cc2c(o1)CC(C)(C)C[C@H]2NC(=O)c1sccc1-n1cnnn1. The molecule has 1 atom stereocenters. The average molecular weight is 357 g/mol. The van der Waals surface area contributed by atoms with Crippen LogP contribution < -0.4 is 5.32 Å². The maximum absolute atomic E-state index is 12.9. The molecule has 1 amide bonds. The van der Waals surface area contributed by atoms with Gasteiger partial charge in [0.05, 0.1) is 11.7 Å². The van der Waals surface area contributed by atoms with Crippen LogP contribution in [0.15, 0.2) is 28.3 Å². The summed E-state index contributed by atoms with van der Waals surface area (Å²) >= 11 is 1.38. The van der Waals surface area contributed by atoms with Crippen molar-refractivity contribution >= 4 is 17.2 Å². The average Bonchev–Trinajstić information content (AvgIpc) is 3.24. The summed E-state index contributed by atoms with van der Waals surface area (Å²) in [5.41, 5.74) is 1.85. The van der Waals surface area contributed by atoms with Crippen molar-refractivity contribution in [3.05, 3.63) is 45.8 Å². The molecular weight excluding hydrogens is 338 g/mol. The molecule has 8 heteroatoms. The van der Waals surface area contributed by atoms with E-state index in [-0.39, 0.29) is 17.4 Å². The minimum absolute atomic E-state index is 0.0625. The maximum Gasteiger partial charge on any atom is 0.264 e. The summed E-state index contributed by atoms with van der Waals surface area (Å²) in [6.07, 6.45) is 3.24. The molecule has 0 bridgehead atoms. The fourth-order valence-electron chi connectivity index (χ4n) is 3.46. The van der Waals surface area contributed by atoms with Gasteiger partial charge in [-0.15, -0.1) is 16.4 Å². The van der Waals surface area contributed by atoms with Crippen LogP contribution >= 0.6 is 11.3 Å². The number of hydrogen-bond donors (Lipinski definition) is 1. The van der Waals surface area contributed by atoms with Gasteiger partial charge < -0.3 is 9.73 Å². The second-order valence-corrected chi connectivity index (χ2v) is 8.11. The molecule has 0 radical (unpaired) electrons. The molecule has 3 aromatic rings. The number of fused-ring (bicyclic) bond motifs is 1. The highest BCUT2D eigenvalue weighted by atomic mass is 32.1. The van der Waals surface area contributed by atoms with Gasteiger partial charge in [0.1, 0.15) is 22.7 Å². The summed E-state index contributed by atoms with van der Waals surface area (Å²) in [6.45, 7) is 6.34. The highest BCUT2D eigenvalue weighted by Gasteiger charge is 2.36. The highest BCUT2D eigenvalue weighted by molar-refractivity contribution is 7.12. The first-order chi connectivity index (χ1) is 11.9. The number of thiophene rings is 1. The van der Waals surface area contributed by atoms with Crippen molar-refractivity contribution in [2.24, 2.45) is 5.41 Å². The third-order valence-corrected chi connectivity index (χ3v) is 5.39. The highest BCUT2D eigenvalue weighted by Crippen LogP contribution is 2.42. The molecule has 0 fully saturated rings. The molecule has 7 nitrogen and oxygen atoms in total. The molecule has 25 heavy (non-hydrogen) atoms. The number of amides is 1. The number of carbonyl (C=O) groups excluding carboxylic acids is 1. The molecule has 4 rings (SSSR count). The Morgan fingerprint density at radius 3 is 3.08 bits per heavy atom. The summed E-state index contributed by atoms with van der Waals surface area (Å²) in [4.78, 5) is 13.5. The molecular formula is C17H19N5O2S. The van der Waals surface area contributed by atoms with Gasteiger partial charge in [0.2, 0.25) is 0 Å². The standard InChI is InChI=1S/C17H19N5O2S/c1-10-6-11-12(7-17(2,3)8-14(11)24-10)19-16(23)15-13(4-5-25-15)22-9-18-20-21-22/h4-6,9,12H,7-8H2,1-3H3,(H,19,23)/t12-/m1/s1. The number of rotatable bonds is 3. The summed E-state index contributed by atoms with van der Waals surface area (Å²) in [5, 5.41) is 16.2. The van der Waals surface area contributed by atoms with Crippen LogP contribution in [0, 0.1) is 12.3 Å². The van der Waals surface area contributed by atoms with E-state index in [9.17, 15) is 4.79 Å². The summed E-state index contributed by atoms with van der Waals surface area (Å²) in [6, 6.07) is 3.81. The van der Waals surface area contributed by atoms with Gasteiger partial charge in [-0.3, -0.25) is 4.79 Å². The van der Waals surface area contributed by atoms with Crippen molar-refractivity contribution in [2.75, 3.05) is 0 Å². The van der Waals surface area contributed by atoms with Crippen LogP contribution in [0.3, 0.4) is 0 Å². The lowest BCUT2D eigenvalue weighted by Gasteiger charge is -2.34. The predicted molar refractivity (Wildman–Crippen MR) is 92.8 cm³/mol. The monoisotopic (exact) mass is 357 g/mol. The van der Waals surface area contributed by atoms with E-state index in [2.05, 4.69) is 34.7 Å². The van der Waals surface area contributed by atoms with Crippen LogP contribution in [0.4, 0.5) is 0 Å². The third-order valence-electron chi connectivity index (χ3n) is 4.49. The Balaban J connectivity index is 1.63. The third kappa shape index (κ3) is 2.97. The van der Waals surface area contributed by atoms with E-state index in [4.69, 9.17) is 4.42 Å². The van der Waals surface area contributed by atoms with Gasteiger partial charge in [-0.1, -0.05) is 13.8 Å². The van der Waals surface area contributed by atoms with E-state index in [0.29, 0.717) is 10.6 Å². The van der Waals surface area contributed by atoms with Crippen molar-refractivity contribution in [3.8, 4) is 5.69 Å². The fraction of sp³-hybridized carbons (Fsp3) is 0.412. The number of aromatic nitrogens is 4. The van der Waals surface area contributed by atoms with E-state index in [0.717, 1.165) is 29.9 Å². The van der Waals surface area contributed by atoms with Gasteiger partial charge in [0, 0.05) is 12.0 Å². The van der Waals surface area contributed by atoms with Gasteiger partial charge in [0.25, 0.3) is 5.91 Å². The number of carbonyl (C=O) groups is 1. The van der Waals surface area contributed by atoms with Gasteiger partial charge in [-0.25, -0.2) is 0 Å². The van der Waals surface area contributed by atoms with Crippen molar-refractivity contribution in [1.82, 2.24) is 25.5 Å². The van der Waals surface area contributed by atoms with Crippen LogP contribution in [0.1, 0.15) is 53.1 Å². The minimum atomic E-state index is -0.118. The smallest absolute Gasteiger partial charge is 0.264 e. The molecule has 0 unspecified atom stereocenters. The molecule has 130 valence electrons. The largest absolute Gasteiger partial charge is 0.466 e. The molecule has 1 N–H and O–H groups in total. The van der Waals surface area contributed by atoms with Gasteiger partial charge in [-0.05, 0) is 46.7 Å². The number of nitrogens with one attached hydrogen (secondary N) is 1. The summed E-state index contributed by atoms with van der Waals surface area (Å²) in [5.74, 6) is 1.74. The normalized spacial score (nSPS) is 18.8. The first-order valence-electron chi connectivity index (χ1n) is 8.14. The Morgan fingerprint density at radius 2 is 2.32 bits per heavy atom. The maximum atomic E-state index is 12.9. The predicted octanol–water partition coefficient (Wildman–Crippen LogP) is 3.07. The zero-order chi connectivity index (χ0) is 17.6. The van der Waals surface area contributed by atoms with Crippen molar-refractivity contribution in [3.63, 3.8) is 0 Å². The van der Waals surface area contributed by atoms with Crippen LogP contribution in [0.25, 0.3) is 5.69 Å². The van der Waals surface area contributed by atoms with Crippen LogP contribution in [-0.2, 0) is 6.42 Å². The van der Waals surface area contributed by atoms with Crippen LogP contribution in [0.2, 0.25) is 0 Å². The topological polar surface area (TPSA) is 85.8 Å². The van der Waals surface area contributed by atoms with Crippen molar-refractivity contribution < 1.29 is 9.21 Å². The number of hydrogen-bond acceptors (Lipinski definition) is 6. The Morgan fingerprint density at radius 1 is 1.48 bits per heavy atom. The molecule has 3 aromatic heterocycles. The molecule has 1 aliphatic carbocycles. The van der Waals surface area contributed by atoms with E-state index in [1.54, 1.807) is 0 Å². The first kappa shape index (κ1) is 16.0. The zero-order valence-electron chi connectivity index (χ0n) is 14.3. The molecule has 1 aliphatic rings. The quantitative estimate of drug-likeness (QED) is 0.778. The van der Waals surface area contributed by atoms with Crippen molar-refractivity contribution in [2.45, 2.75) is 39.7 Å². The number of furan rings is 1. The molecule has 0 saturated carbocycles. The summed E-state index contributed by atoms with van der Waals surface area (Å²) in [7, 11) is 0. The lowest BCUT2D eigenvalue weighted by atomic mass is 9.74. The fourth-order valence-corrected chi connectivity index (χ4v) is 4.24. The van der Waals surface area contributed by atoms with E-state index in [1.807, 2.05) is 24.4 Å². The summed E-state index contributed by atoms with van der Waals surface area (Å²) < 4.78 is 7.35. The second kappa shape index (κ2) is 5.80.